The summed E-state index contributed by atoms with van der Waals surface area (Å²) in [6, 6.07) is 13.7. The Balaban J connectivity index is 2.02. The fraction of sp³-hybridized carbons (Fsp3) is 0.462. The van der Waals surface area contributed by atoms with E-state index >= 15 is 0 Å². The maximum absolute atomic E-state index is 14.0. The van der Waals surface area contributed by atoms with E-state index in [0.29, 0.717) is 19.6 Å². The predicted octanol–water partition coefficient (Wildman–Crippen LogP) is 4.64. The third-order valence-corrected chi connectivity index (χ3v) is 7.06. The first-order valence-corrected chi connectivity index (χ1v) is 12.5. The second-order valence-corrected chi connectivity index (χ2v) is 9.87. The van der Waals surface area contributed by atoms with E-state index in [9.17, 15) is 9.59 Å². The molecule has 0 aromatic heterocycles. The summed E-state index contributed by atoms with van der Waals surface area (Å²) in [5, 5.41) is 2.39. The summed E-state index contributed by atoms with van der Waals surface area (Å²) in [7, 11) is 5.57. The van der Waals surface area contributed by atoms with Crippen LogP contribution in [-0.2, 0) is 9.53 Å². The van der Waals surface area contributed by atoms with E-state index in [4.69, 9.17) is 9.47 Å². The van der Waals surface area contributed by atoms with E-state index in [1.807, 2.05) is 68.4 Å². The molecule has 2 aromatic rings. The van der Waals surface area contributed by atoms with Crippen molar-refractivity contribution in [3.05, 3.63) is 53.6 Å². The van der Waals surface area contributed by atoms with E-state index in [-0.39, 0.29) is 5.91 Å². The third kappa shape index (κ3) is 6.45. The van der Waals surface area contributed by atoms with Crippen molar-refractivity contribution in [1.82, 2.24) is 10.2 Å². The van der Waals surface area contributed by atoms with Gasteiger partial charge in [0.15, 0.2) is 6.10 Å². The van der Waals surface area contributed by atoms with Gasteiger partial charge in [-0.25, -0.2) is 4.79 Å². The van der Waals surface area contributed by atoms with Crippen molar-refractivity contribution in [3.63, 3.8) is 0 Å². The second-order valence-electron chi connectivity index (χ2n) is 8.68. The second kappa shape index (κ2) is 12.1. The van der Waals surface area contributed by atoms with Crippen LogP contribution in [0.1, 0.15) is 36.1 Å². The maximum Gasteiger partial charge on any atom is 0.407 e. The highest BCUT2D eigenvalue weighted by atomic mass is 32.2. The lowest BCUT2D eigenvalue weighted by Crippen LogP contribution is -2.46. The number of nitrogens with zero attached hydrogens (tertiary/aromatic N) is 2. The molecule has 0 radical (unpaired) electrons. The SMILES string of the molecule is CCCCNC(=O)O[C@@H]1C(=O)N(CCN(C)C)c2cc(C)ccc2S[C@@H]1c1ccc(OC)cc1. The smallest absolute Gasteiger partial charge is 0.407 e. The molecule has 1 aliphatic rings. The number of ether oxygens (including phenoxy) is 2. The van der Waals surface area contributed by atoms with E-state index in [0.717, 1.165) is 40.3 Å². The Morgan fingerprint density at radius 2 is 1.91 bits per heavy atom. The van der Waals surface area contributed by atoms with Crippen molar-refractivity contribution in [1.29, 1.82) is 0 Å². The number of nitrogens with one attached hydrogen (secondary N) is 1. The van der Waals surface area contributed by atoms with Gasteiger partial charge >= 0.3 is 6.09 Å². The molecule has 0 fully saturated rings. The van der Waals surface area contributed by atoms with Crippen LogP contribution in [0.3, 0.4) is 0 Å². The molecule has 2 amide bonds. The number of likely N-dealkylation sites (N-methyl/N-ethyl adjacent to an activating group) is 1. The first-order valence-electron chi connectivity index (χ1n) is 11.7. The molecule has 0 aliphatic carbocycles. The van der Waals surface area contributed by atoms with Crippen LogP contribution in [-0.4, -0.2) is 63.8 Å². The number of hydrogen-bond donors (Lipinski definition) is 1. The summed E-state index contributed by atoms with van der Waals surface area (Å²) >= 11 is 1.55. The molecule has 3 rings (SSSR count). The Labute approximate surface area is 206 Å². The minimum atomic E-state index is -0.977. The van der Waals surface area contributed by atoms with Gasteiger partial charge in [-0.3, -0.25) is 4.79 Å². The van der Waals surface area contributed by atoms with Gasteiger partial charge in [0.25, 0.3) is 5.91 Å². The summed E-state index contributed by atoms with van der Waals surface area (Å²) < 4.78 is 11.2. The van der Waals surface area contributed by atoms with Crippen LogP contribution < -0.4 is 15.0 Å². The molecule has 1 heterocycles. The first-order chi connectivity index (χ1) is 16.3. The summed E-state index contributed by atoms with van der Waals surface area (Å²) in [6.07, 6.45) is 0.264. The fourth-order valence-corrected chi connectivity index (χ4v) is 5.04. The molecule has 2 aromatic carbocycles. The fourth-order valence-electron chi connectivity index (χ4n) is 3.74. The van der Waals surface area contributed by atoms with E-state index < -0.39 is 17.4 Å². The van der Waals surface area contributed by atoms with Crippen LogP contribution in [0.4, 0.5) is 10.5 Å². The maximum atomic E-state index is 14.0. The molecule has 0 bridgehead atoms. The molecule has 8 heteroatoms. The van der Waals surface area contributed by atoms with E-state index in [1.165, 1.54) is 0 Å². The van der Waals surface area contributed by atoms with Gasteiger partial charge in [0.05, 0.1) is 18.0 Å². The summed E-state index contributed by atoms with van der Waals surface area (Å²) in [4.78, 5) is 31.4. The highest BCUT2D eigenvalue weighted by molar-refractivity contribution is 7.99. The van der Waals surface area contributed by atoms with Crippen molar-refractivity contribution in [2.24, 2.45) is 0 Å². The van der Waals surface area contributed by atoms with Crippen LogP contribution in [0.15, 0.2) is 47.4 Å². The first kappa shape index (κ1) is 25.9. The van der Waals surface area contributed by atoms with E-state index in [1.54, 1.807) is 23.8 Å². The molecule has 0 saturated carbocycles. The monoisotopic (exact) mass is 485 g/mol. The zero-order chi connectivity index (χ0) is 24.7. The number of carbonyl (C=O) groups is 2. The Morgan fingerprint density at radius 1 is 1.18 bits per heavy atom. The van der Waals surface area contributed by atoms with Gasteiger partial charge in [-0.1, -0.05) is 31.5 Å². The molecular formula is C26H35N3O4S. The van der Waals surface area contributed by atoms with Crippen LogP contribution in [0.5, 0.6) is 5.75 Å². The lowest BCUT2D eigenvalue weighted by molar-refractivity contribution is -0.126. The summed E-state index contributed by atoms with van der Waals surface area (Å²) in [6.45, 7) is 5.77. The Kier molecular flexibility index (Phi) is 9.24. The molecule has 34 heavy (non-hydrogen) atoms. The molecule has 1 aliphatic heterocycles. The largest absolute Gasteiger partial charge is 0.497 e. The number of fused-ring (bicyclic) bond motifs is 1. The normalized spacial score (nSPS) is 17.8. The average Bonchev–Trinajstić information content (AvgIpc) is 2.92. The number of unbranched alkanes of at least 4 members (excludes halogenated alkanes) is 1. The number of hydrogen-bond acceptors (Lipinski definition) is 6. The number of benzene rings is 2. The number of thioether (sulfide) groups is 1. The van der Waals surface area contributed by atoms with E-state index in [2.05, 4.69) is 12.2 Å². The standard InChI is InChI=1S/C26H35N3O4S/c1-6-7-14-27-26(31)33-23-24(19-9-11-20(32-5)12-10-19)34-22-13-8-18(2)17-21(22)29(25(23)30)16-15-28(3)4/h8-13,17,23-24H,6-7,14-16H2,1-5H3,(H,27,31)/t23-,24+/m0/s1. The number of anilines is 1. The number of methoxy groups -OCH3 is 1. The zero-order valence-corrected chi connectivity index (χ0v) is 21.5. The summed E-state index contributed by atoms with van der Waals surface area (Å²) in [5.41, 5.74) is 2.82. The molecule has 2 atom stereocenters. The minimum absolute atomic E-state index is 0.217. The molecule has 184 valence electrons. The highest BCUT2D eigenvalue weighted by Crippen LogP contribution is 2.47. The number of alkyl carbamates (subject to hydrolysis) is 1. The van der Waals surface area contributed by atoms with Gasteiger partial charge in [0, 0.05) is 24.5 Å². The average molecular weight is 486 g/mol. The van der Waals surface area contributed by atoms with Crippen LogP contribution in [0.25, 0.3) is 0 Å². The van der Waals surface area contributed by atoms with Crippen LogP contribution in [0, 0.1) is 6.92 Å². The topological polar surface area (TPSA) is 71.1 Å². The molecule has 0 saturated heterocycles. The van der Waals surface area contributed by atoms with Gasteiger partial charge in [0.2, 0.25) is 0 Å². The number of amides is 2. The van der Waals surface area contributed by atoms with Crippen molar-refractivity contribution >= 4 is 29.4 Å². The number of carbonyl (C=O) groups excluding carboxylic acids is 2. The number of rotatable bonds is 9. The van der Waals surface area contributed by atoms with Crippen molar-refractivity contribution in [2.75, 3.05) is 45.7 Å². The number of aryl methyl sites for hydroxylation is 1. The predicted molar refractivity (Wildman–Crippen MR) is 137 cm³/mol. The highest BCUT2D eigenvalue weighted by Gasteiger charge is 2.41. The van der Waals surface area contributed by atoms with Gasteiger partial charge in [-0.05, 0) is 62.8 Å². The zero-order valence-electron chi connectivity index (χ0n) is 20.7. The Bertz CT molecular complexity index is 981. The van der Waals surface area contributed by atoms with Gasteiger partial charge in [0.1, 0.15) is 5.75 Å². The molecule has 0 unspecified atom stereocenters. The lowest BCUT2D eigenvalue weighted by Gasteiger charge is -2.29. The quantitative estimate of drug-likeness (QED) is 0.522. The molecule has 7 nitrogen and oxygen atoms in total. The minimum Gasteiger partial charge on any atom is -0.497 e. The van der Waals surface area contributed by atoms with Gasteiger partial charge in [-0.15, -0.1) is 11.8 Å². The molecule has 0 spiro atoms. The molecular weight excluding hydrogens is 450 g/mol. The lowest BCUT2D eigenvalue weighted by atomic mass is 10.1. The van der Waals surface area contributed by atoms with Crippen LogP contribution >= 0.6 is 11.8 Å². The van der Waals surface area contributed by atoms with Gasteiger partial charge < -0.3 is 24.6 Å². The van der Waals surface area contributed by atoms with Crippen molar-refractivity contribution in [2.45, 2.75) is 42.9 Å². The van der Waals surface area contributed by atoms with Crippen LogP contribution in [0.2, 0.25) is 0 Å². The Hall–Kier alpha value is -2.71. The van der Waals surface area contributed by atoms with Crippen molar-refractivity contribution in [3.8, 4) is 5.75 Å². The van der Waals surface area contributed by atoms with Gasteiger partial charge in [-0.2, -0.15) is 0 Å². The third-order valence-electron chi connectivity index (χ3n) is 5.69. The Morgan fingerprint density at radius 3 is 2.56 bits per heavy atom. The summed E-state index contributed by atoms with van der Waals surface area (Å²) in [5.74, 6) is 0.511. The van der Waals surface area contributed by atoms with Crippen molar-refractivity contribution < 1.29 is 19.1 Å². The molecule has 1 N–H and O–H groups in total.